The number of aryl methyl sites for hydroxylation is 2. The monoisotopic (exact) mass is 191 g/mol. The molecule has 3 N–H and O–H groups in total. The highest BCUT2D eigenvalue weighted by Gasteiger charge is 2.02. The molecule has 0 radical (unpaired) electrons. The summed E-state index contributed by atoms with van der Waals surface area (Å²) < 4.78 is 0. The Balaban J connectivity index is 2.90. The van der Waals surface area contributed by atoms with Crippen LogP contribution in [0.25, 0.3) is 0 Å². The van der Waals surface area contributed by atoms with Crippen LogP contribution >= 0.6 is 0 Å². The van der Waals surface area contributed by atoms with E-state index in [1.54, 1.807) is 7.05 Å². The molecule has 0 aliphatic heterocycles. The third kappa shape index (κ3) is 2.57. The van der Waals surface area contributed by atoms with Gasteiger partial charge in [0.1, 0.15) is 5.84 Å². The average molecular weight is 191 g/mol. The maximum Gasteiger partial charge on any atom is 0.114 e. The minimum atomic E-state index is 0.764. The van der Waals surface area contributed by atoms with Gasteiger partial charge in [0.2, 0.25) is 0 Å². The van der Waals surface area contributed by atoms with Gasteiger partial charge in [0.15, 0.2) is 0 Å². The van der Waals surface area contributed by atoms with Crippen molar-refractivity contribution >= 4 is 5.84 Å². The molecular weight excluding hydrogens is 174 g/mol. The molecule has 0 saturated carbocycles. The van der Waals surface area contributed by atoms with Gasteiger partial charge in [0, 0.05) is 13.5 Å². The average Bonchev–Trinajstić information content (AvgIpc) is 2.19. The van der Waals surface area contributed by atoms with Crippen LogP contribution in [0.3, 0.4) is 0 Å². The van der Waals surface area contributed by atoms with E-state index in [2.05, 4.69) is 42.5 Å². The van der Waals surface area contributed by atoms with Gasteiger partial charge in [-0.25, -0.2) is 5.84 Å². The van der Waals surface area contributed by atoms with E-state index in [4.69, 9.17) is 5.84 Å². The van der Waals surface area contributed by atoms with Crippen molar-refractivity contribution in [1.29, 1.82) is 0 Å². The molecule has 0 saturated heterocycles. The van der Waals surface area contributed by atoms with E-state index in [9.17, 15) is 0 Å². The molecular formula is C11H17N3. The summed E-state index contributed by atoms with van der Waals surface area (Å²) in [5.74, 6) is 6.14. The summed E-state index contributed by atoms with van der Waals surface area (Å²) in [4.78, 5) is 4.05. The first-order valence-corrected chi connectivity index (χ1v) is 4.65. The van der Waals surface area contributed by atoms with Gasteiger partial charge in [0.05, 0.1) is 0 Å². The van der Waals surface area contributed by atoms with E-state index in [1.807, 2.05) is 0 Å². The summed E-state index contributed by atoms with van der Waals surface area (Å²) in [7, 11) is 1.74. The molecule has 1 aromatic carbocycles. The minimum Gasteiger partial charge on any atom is -0.312 e. The van der Waals surface area contributed by atoms with Crippen molar-refractivity contribution in [3.63, 3.8) is 0 Å². The molecule has 1 aromatic rings. The first kappa shape index (κ1) is 10.7. The second-order valence-electron chi connectivity index (χ2n) is 3.42. The van der Waals surface area contributed by atoms with Gasteiger partial charge in [-0.15, -0.1) is 0 Å². The van der Waals surface area contributed by atoms with Crippen LogP contribution in [0, 0.1) is 13.8 Å². The molecule has 0 bridgehead atoms. The predicted octanol–water partition coefficient (Wildman–Crippen LogP) is 1.34. The molecule has 0 fully saturated rings. The predicted molar refractivity (Wildman–Crippen MR) is 60.3 cm³/mol. The van der Waals surface area contributed by atoms with E-state index in [1.165, 1.54) is 16.7 Å². The molecule has 0 aromatic heterocycles. The summed E-state index contributed by atoms with van der Waals surface area (Å²) in [6.07, 6.45) is 0.764. The lowest BCUT2D eigenvalue weighted by atomic mass is 10.0. The molecule has 0 spiro atoms. The number of hydrogen-bond donors (Lipinski definition) is 2. The Morgan fingerprint density at radius 1 is 1.43 bits per heavy atom. The third-order valence-electron chi connectivity index (χ3n) is 2.30. The third-order valence-corrected chi connectivity index (χ3v) is 2.30. The van der Waals surface area contributed by atoms with Gasteiger partial charge in [-0.3, -0.25) is 4.99 Å². The molecule has 0 atom stereocenters. The Morgan fingerprint density at radius 2 is 2.14 bits per heavy atom. The van der Waals surface area contributed by atoms with Crippen LogP contribution in [-0.4, -0.2) is 12.9 Å². The van der Waals surface area contributed by atoms with Crippen molar-refractivity contribution in [3.8, 4) is 0 Å². The molecule has 0 aliphatic rings. The summed E-state index contributed by atoms with van der Waals surface area (Å²) in [5.41, 5.74) is 6.40. The Hall–Kier alpha value is -1.35. The number of benzene rings is 1. The van der Waals surface area contributed by atoms with E-state index < -0.39 is 0 Å². The van der Waals surface area contributed by atoms with E-state index in [0.717, 1.165) is 12.3 Å². The molecule has 3 heteroatoms. The zero-order valence-electron chi connectivity index (χ0n) is 8.96. The highest BCUT2D eigenvalue weighted by atomic mass is 15.2. The molecule has 14 heavy (non-hydrogen) atoms. The fourth-order valence-electron chi connectivity index (χ4n) is 1.37. The first-order chi connectivity index (χ1) is 6.67. The molecule has 0 unspecified atom stereocenters. The van der Waals surface area contributed by atoms with Crippen molar-refractivity contribution in [1.82, 2.24) is 5.43 Å². The van der Waals surface area contributed by atoms with Gasteiger partial charge in [-0.2, -0.15) is 0 Å². The number of nitrogens with zero attached hydrogens (tertiary/aromatic N) is 1. The lowest BCUT2D eigenvalue weighted by molar-refractivity contribution is 0.978. The van der Waals surface area contributed by atoms with Gasteiger partial charge in [0.25, 0.3) is 0 Å². The van der Waals surface area contributed by atoms with Crippen molar-refractivity contribution in [2.24, 2.45) is 10.8 Å². The number of nitrogens with two attached hydrogens (primary N) is 1. The second-order valence-corrected chi connectivity index (χ2v) is 3.42. The minimum absolute atomic E-state index is 0.764. The van der Waals surface area contributed by atoms with Crippen LogP contribution in [0.5, 0.6) is 0 Å². The SMILES string of the molecule is CN=C(Cc1cc(C)ccc1C)NN. The molecule has 0 amide bonds. The lowest BCUT2D eigenvalue weighted by Crippen LogP contribution is -2.31. The van der Waals surface area contributed by atoms with E-state index in [0.29, 0.717) is 0 Å². The summed E-state index contributed by atoms with van der Waals surface area (Å²) >= 11 is 0. The van der Waals surface area contributed by atoms with Crippen molar-refractivity contribution in [2.45, 2.75) is 20.3 Å². The molecule has 76 valence electrons. The van der Waals surface area contributed by atoms with E-state index in [-0.39, 0.29) is 0 Å². The van der Waals surface area contributed by atoms with Crippen LogP contribution in [-0.2, 0) is 6.42 Å². The van der Waals surface area contributed by atoms with Crippen LogP contribution in [0.15, 0.2) is 23.2 Å². The fourth-order valence-corrected chi connectivity index (χ4v) is 1.37. The second kappa shape index (κ2) is 4.77. The van der Waals surface area contributed by atoms with Gasteiger partial charge in [-0.1, -0.05) is 23.8 Å². The zero-order chi connectivity index (χ0) is 10.6. The number of hydrazine groups is 1. The van der Waals surface area contributed by atoms with E-state index >= 15 is 0 Å². The number of nitrogens with one attached hydrogen (secondary N) is 1. The van der Waals surface area contributed by atoms with Gasteiger partial charge in [-0.05, 0) is 25.0 Å². The maximum absolute atomic E-state index is 5.34. The number of hydrogen-bond acceptors (Lipinski definition) is 2. The van der Waals surface area contributed by atoms with Crippen LogP contribution in [0.1, 0.15) is 16.7 Å². The normalized spacial score (nSPS) is 11.6. The lowest BCUT2D eigenvalue weighted by Gasteiger charge is -2.08. The molecule has 3 nitrogen and oxygen atoms in total. The van der Waals surface area contributed by atoms with Gasteiger partial charge >= 0.3 is 0 Å². The highest BCUT2D eigenvalue weighted by Crippen LogP contribution is 2.11. The summed E-state index contributed by atoms with van der Waals surface area (Å²) in [5, 5.41) is 0. The highest BCUT2D eigenvalue weighted by molar-refractivity contribution is 5.84. The topological polar surface area (TPSA) is 50.4 Å². The Bertz CT molecular complexity index is 342. The Labute approximate surface area is 85.0 Å². The molecule has 0 heterocycles. The summed E-state index contributed by atoms with van der Waals surface area (Å²) in [6.45, 7) is 4.18. The number of rotatable bonds is 2. The molecule has 1 rings (SSSR count). The molecule has 0 aliphatic carbocycles. The Morgan fingerprint density at radius 3 is 2.71 bits per heavy atom. The smallest absolute Gasteiger partial charge is 0.114 e. The zero-order valence-corrected chi connectivity index (χ0v) is 8.96. The van der Waals surface area contributed by atoms with Crippen molar-refractivity contribution in [3.05, 3.63) is 34.9 Å². The van der Waals surface area contributed by atoms with Crippen LogP contribution in [0.2, 0.25) is 0 Å². The van der Waals surface area contributed by atoms with Crippen molar-refractivity contribution in [2.75, 3.05) is 7.05 Å². The number of amidine groups is 1. The van der Waals surface area contributed by atoms with Gasteiger partial charge < -0.3 is 5.43 Å². The Kier molecular flexibility index (Phi) is 3.65. The number of aliphatic imine (C=N–C) groups is 1. The largest absolute Gasteiger partial charge is 0.312 e. The van der Waals surface area contributed by atoms with Crippen LogP contribution in [0.4, 0.5) is 0 Å². The van der Waals surface area contributed by atoms with Crippen molar-refractivity contribution < 1.29 is 0 Å². The quantitative estimate of drug-likeness (QED) is 0.321. The standard InChI is InChI=1S/C11H17N3/c1-8-4-5-9(2)10(6-8)7-11(13-3)14-12/h4-6H,7,12H2,1-3H3,(H,13,14). The maximum atomic E-state index is 5.34. The first-order valence-electron chi connectivity index (χ1n) is 4.65. The summed E-state index contributed by atoms with van der Waals surface area (Å²) in [6, 6.07) is 6.39. The fraction of sp³-hybridized carbons (Fsp3) is 0.364. The van der Waals surface area contributed by atoms with Crippen LogP contribution < -0.4 is 11.3 Å².